The third kappa shape index (κ3) is 5.42. The summed E-state index contributed by atoms with van der Waals surface area (Å²) >= 11 is 4.05. The number of thiol groups is 1. The summed E-state index contributed by atoms with van der Waals surface area (Å²) in [4.78, 5) is 40.1. The molecule has 0 spiro atoms. The van der Waals surface area contributed by atoms with E-state index >= 15 is 0 Å². The van der Waals surface area contributed by atoms with Crippen LogP contribution in [-0.2, 0) is 16.0 Å². The van der Waals surface area contributed by atoms with Crippen molar-refractivity contribution in [1.82, 2.24) is 15.6 Å². The molecule has 1 unspecified atom stereocenters. The van der Waals surface area contributed by atoms with Crippen LogP contribution < -0.4 is 10.6 Å². The first kappa shape index (κ1) is 21.4. The van der Waals surface area contributed by atoms with Gasteiger partial charge in [0.25, 0.3) is 5.91 Å². The van der Waals surface area contributed by atoms with E-state index in [2.05, 4.69) is 28.2 Å². The van der Waals surface area contributed by atoms with Crippen LogP contribution in [0.15, 0.2) is 60.7 Å². The highest BCUT2D eigenvalue weighted by atomic mass is 32.1. The van der Waals surface area contributed by atoms with Crippen molar-refractivity contribution in [2.75, 3.05) is 5.75 Å². The van der Waals surface area contributed by atoms with Crippen molar-refractivity contribution >= 4 is 41.3 Å². The number of H-pyrrole nitrogens is 1. The van der Waals surface area contributed by atoms with Crippen molar-refractivity contribution in [1.29, 1.82) is 0 Å². The van der Waals surface area contributed by atoms with E-state index in [0.29, 0.717) is 11.4 Å². The SMILES string of the molecule is O=C(N[C@@H](Cc1ccccc1)C(=O)NC(CCS)C(=O)O)c1cc2ccccc2[nH]1. The van der Waals surface area contributed by atoms with Gasteiger partial charge in [-0.25, -0.2) is 4.79 Å². The minimum Gasteiger partial charge on any atom is -0.480 e. The molecule has 0 bridgehead atoms. The average molecular weight is 426 g/mol. The van der Waals surface area contributed by atoms with Crippen LogP contribution in [0, 0.1) is 0 Å². The Hall–Kier alpha value is -3.26. The molecule has 3 aromatic rings. The zero-order valence-corrected chi connectivity index (χ0v) is 17.1. The lowest BCUT2D eigenvalue weighted by Crippen LogP contribution is -2.52. The van der Waals surface area contributed by atoms with Gasteiger partial charge in [0.05, 0.1) is 0 Å². The number of hydrogen-bond donors (Lipinski definition) is 5. The number of benzene rings is 2. The molecule has 2 atom stereocenters. The molecule has 0 radical (unpaired) electrons. The smallest absolute Gasteiger partial charge is 0.326 e. The first-order valence-electron chi connectivity index (χ1n) is 9.54. The highest BCUT2D eigenvalue weighted by molar-refractivity contribution is 7.80. The van der Waals surface area contributed by atoms with E-state index in [9.17, 15) is 19.5 Å². The minimum atomic E-state index is -1.14. The zero-order valence-electron chi connectivity index (χ0n) is 16.2. The van der Waals surface area contributed by atoms with Crippen LogP contribution in [0.5, 0.6) is 0 Å². The molecule has 2 amide bonds. The Morgan fingerprint density at radius 2 is 1.67 bits per heavy atom. The number of hydrogen-bond acceptors (Lipinski definition) is 4. The topological polar surface area (TPSA) is 111 Å². The number of carboxylic acids is 1. The molecular weight excluding hydrogens is 402 g/mol. The number of para-hydroxylation sites is 1. The molecule has 3 rings (SSSR count). The third-order valence-electron chi connectivity index (χ3n) is 4.71. The molecule has 0 aliphatic rings. The number of nitrogens with one attached hydrogen (secondary N) is 3. The molecule has 0 saturated carbocycles. The Balaban J connectivity index is 1.80. The zero-order chi connectivity index (χ0) is 21.5. The molecule has 1 heterocycles. The Morgan fingerprint density at radius 1 is 0.967 bits per heavy atom. The molecule has 8 heteroatoms. The van der Waals surface area contributed by atoms with Gasteiger partial charge >= 0.3 is 5.97 Å². The standard InChI is InChI=1S/C22H23N3O4S/c26-20(24-17(10-11-30)22(28)29)18(12-14-6-2-1-3-7-14)25-21(27)19-13-15-8-4-5-9-16(15)23-19/h1-9,13,17-18,23,30H,10-12H2,(H,24,26)(H,25,27)(H,28,29)/t17?,18-/m0/s1. The van der Waals surface area contributed by atoms with Gasteiger partial charge in [-0.15, -0.1) is 0 Å². The van der Waals surface area contributed by atoms with Gasteiger partial charge in [-0.1, -0.05) is 48.5 Å². The van der Waals surface area contributed by atoms with Crippen LogP contribution in [0.2, 0.25) is 0 Å². The first-order chi connectivity index (χ1) is 14.5. The molecule has 0 aliphatic heterocycles. The Kier molecular flexibility index (Phi) is 7.13. The van der Waals surface area contributed by atoms with Crippen molar-refractivity contribution < 1.29 is 19.5 Å². The quantitative estimate of drug-likeness (QED) is 0.339. The van der Waals surface area contributed by atoms with Crippen LogP contribution in [0.4, 0.5) is 0 Å². The number of aromatic nitrogens is 1. The van der Waals surface area contributed by atoms with Gasteiger partial charge in [-0.3, -0.25) is 9.59 Å². The fourth-order valence-corrected chi connectivity index (χ4v) is 3.41. The summed E-state index contributed by atoms with van der Waals surface area (Å²) in [6.07, 6.45) is 0.407. The second kappa shape index (κ2) is 9.98. The van der Waals surface area contributed by atoms with Crippen molar-refractivity contribution in [3.63, 3.8) is 0 Å². The van der Waals surface area contributed by atoms with E-state index in [1.807, 2.05) is 54.6 Å². The van der Waals surface area contributed by atoms with Gasteiger partial charge in [0.2, 0.25) is 5.91 Å². The number of fused-ring (bicyclic) bond motifs is 1. The maximum absolute atomic E-state index is 12.9. The fourth-order valence-electron chi connectivity index (χ4n) is 3.15. The monoisotopic (exact) mass is 425 g/mol. The largest absolute Gasteiger partial charge is 0.480 e. The summed E-state index contributed by atoms with van der Waals surface area (Å²) in [5.41, 5.74) is 1.98. The Labute approximate surface area is 179 Å². The number of carbonyl (C=O) groups is 3. The highest BCUT2D eigenvalue weighted by Crippen LogP contribution is 2.15. The van der Waals surface area contributed by atoms with Crippen molar-refractivity contribution in [3.05, 3.63) is 71.9 Å². The van der Waals surface area contributed by atoms with E-state index in [4.69, 9.17) is 0 Å². The lowest BCUT2D eigenvalue weighted by molar-refractivity contribution is -0.142. The molecule has 0 saturated heterocycles. The second-order valence-electron chi connectivity index (χ2n) is 6.90. The lowest BCUT2D eigenvalue weighted by atomic mass is 10.0. The predicted molar refractivity (Wildman–Crippen MR) is 118 cm³/mol. The third-order valence-corrected chi connectivity index (χ3v) is 4.97. The molecule has 156 valence electrons. The van der Waals surface area contributed by atoms with E-state index < -0.39 is 29.9 Å². The number of carbonyl (C=O) groups excluding carboxylic acids is 2. The van der Waals surface area contributed by atoms with Crippen molar-refractivity contribution in [2.45, 2.75) is 24.9 Å². The van der Waals surface area contributed by atoms with Crippen LogP contribution in [0.25, 0.3) is 10.9 Å². The van der Waals surface area contributed by atoms with Crippen molar-refractivity contribution in [2.24, 2.45) is 0 Å². The van der Waals surface area contributed by atoms with E-state index in [1.54, 1.807) is 6.07 Å². The summed E-state index contributed by atoms with van der Waals surface area (Å²) in [6.45, 7) is 0. The van der Waals surface area contributed by atoms with Gasteiger partial charge in [0.15, 0.2) is 0 Å². The number of carboxylic acid groups (broad SMARTS) is 1. The summed E-state index contributed by atoms with van der Waals surface area (Å²) in [5.74, 6) is -1.83. The van der Waals surface area contributed by atoms with Gasteiger partial charge in [0, 0.05) is 17.3 Å². The number of rotatable bonds is 9. The molecule has 0 aliphatic carbocycles. The van der Waals surface area contributed by atoms with Gasteiger partial charge in [-0.2, -0.15) is 12.6 Å². The Morgan fingerprint density at radius 3 is 2.33 bits per heavy atom. The molecular formula is C22H23N3O4S. The summed E-state index contributed by atoms with van der Waals surface area (Å²) in [7, 11) is 0. The van der Waals surface area contributed by atoms with Gasteiger partial charge in [-0.05, 0) is 29.9 Å². The normalized spacial score (nSPS) is 12.8. The Bertz CT molecular complexity index is 1000. The summed E-state index contributed by atoms with van der Waals surface area (Å²) < 4.78 is 0. The van der Waals surface area contributed by atoms with E-state index in [-0.39, 0.29) is 12.8 Å². The van der Waals surface area contributed by atoms with E-state index in [1.165, 1.54) is 0 Å². The number of aromatic amines is 1. The second-order valence-corrected chi connectivity index (χ2v) is 7.34. The summed E-state index contributed by atoms with van der Waals surface area (Å²) in [6, 6.07) is 16.4. The van der Waals surface area contributed by atoms with Crippen molar-refractivity contribution in [3.8, 4) is 0 Å². The van der Waals surface area contributed by atoms with Crippen LogP contribution in [-0.4, -0.2) is 45.7 Å². The minimum absolute atomic E-state index is 0.179. The van der Waals surface area contributed by atoms with E-state index in [0.717, 1.165) is 16.5 Å². The van der Waals surface area contributed by atoms with Crippen LogP contribution in [0.3, 0.4) is 0 Å². The average Bonchev–Trinajstić information content (AvgIpc) is 3.18. The maximum atomic E-state index is 12.9. The van der Waals surface area contributed by atoms with Crippen LogP contribution >= 0.6 is 12.6 Å². The molecule has 1 aromatic heterocycles. The molecule has 4 N–H and O–H groups in total. The van der Waals surface area contributed by atoms with Crippen LogP contribution in [0.1, 0.15) is 22.5 Å². The highest BCUT2D eigenvalue weighted by Gasteiger charge is 2.27. The maximum Gasteiger partial charge on any atom is 0.326 e. The molecule has 7 nitrogen and oxygen atoms in total. The van der Waals surface area contributed by atoms with Gasteiger partial charge in [0.1, 0.15) is 17.8 Å². The predicted octanol–water partition coefficient (Wildman–Crippen LogP) is 2.40. The molecule has 30 heavy (non-hydrogen) atoms. The lowest BCUT2D eigenvalue weighted by Gasteiger charge is -2.21. The summed E-state index contributed by atoms with van der Waals surface area (Å²) in [5, 5.41) is 15.4. The van der Waals surface area contributed by atoms with Gasteiger partial charge < -0.3 is 20.7 Å². The first-order valence-corrected chi connectivity index (χ1v) is 10.2. The molecule has 2 aromatic carbocycles. The number of amides is 2. The molecule has 0 fully saturated rings. The fraction of sp³-hybridized carbons (Fsp3) is 0.227. The number of aliphatic carboxylic acids is 1.